The van der Waals surface area contributed by atoms with Crippen LogP contribution in [-0.4, -0.2) is 108 Å². The largest absolute Gasteiger partial charge is 0.490 e. The van der Waals surface area contributed by atoms with Gasteiger partial charge >= 0.3 is 6.09 Å². The van der Waals surface area contributed by atoms with Crippen LogP contribution in [0, 0.1) is 0 Å². The molecule has 1 aromatic heterocycles. The van der Waals surface area contributed by atoms with Crippen molar-refractivity contribution in [1.29, 1.82) is 0 Å². The van der Waals surface area contributed by atoms with E-state index in [4.69, 9.17) is 9.47 Å². The van der Waals surface area contributed by atoms with Crippen molar-refractivity contribution in [2.45, 2.75) is 37.6 Å². The molecule has 51 heavy (non-hydrogen) atoms. The van der Waals surface area contributed by atoms with E-state index < -0.39 is 30.0 Å². The van der Waals surface area contributed by atoms with Gasteiger partial charge in [-0.1, -0.05) is 72.8 Å². The second-order valence-electron chi connectivity index (χ2n) is 12.9. The minimum absolute atomic E-state index is 0.0224. The van der Waals surface area contributed by atoms with E-state index in [0.717, 1.165) is 21.9 Å². The molecule has 13 heteroatoms. The van der Waals surface area contributed by atoms with Crippen LogP contribution in [0.2, 0.25) is 0 Å². The third-order valence-corrected chi connectivity index (χ3v) is 9.04. The van der Waals surface area contributed by atoms with Gasteiger partial charge in [-0.15, -0.1) is 0 Å². The molecule has 13 nitrogen and oxygen atoms in total. The van der Waals surface area contributed by atoms with E-state index >= 15 is 0 Å². The van der Waals surface area contributed by atoms with Gasteiger partial charge in [-0.2, -0.15) is 0 Å². The zero-order chi connectivity index (χ0) is 35.9. The van der Waals surface area contributed by atoms with E-state index in [1.165, 1.54) is 36.3 Å². The first kappa shape index (κ1) is 34.9. The van der Waals surface area contributed by atoms with Crippen molar-refractivity contribution in [3.63, 3.8) is 0 Å². The lowest BCUT2D eigenvalue weighted by Crippen LogP contribution is -2.55. The van der Waals surface area contributed by atoms with Gasteiger partial charge in [0, 0.05) is 32.9 Å². The fourth-order valence-corrected chi connectivity index (χ4v) is 6.41. The van der Waals surface area contributed by atoms with E-state index in [-0.39, 0.29) is 62.7 Å². The Bertz CT molecular complexity index is 1920. The van der Waals surface area contributed by atoms with Gasteiger partial charge in [-0.05, 0) is 34.4 Å². The Morgan fingerprint density at radius 3 is 2.43 bits per heavy atom. The molecule has 3 aromatic carbocycles. The zero-order valence-electron chi connectivity index (χ0n) is 28.5. The SMILES string of the molecule is CN1C[C@H](NC(=O)OCc2ccccc2)C(=O)N(C)CC(=O)N2C[C@@H](NC(=O)Cc3ccc4ccccc4c3)C[C@H]2COc2cncc(c2)C1=O. The zero-order valence-corrected chi connectivity index (χ0v) is 28.5. The first-order valence-corrected chi connectivity index (χ1v) is 16.7. The molecule has 3 heterocycles. The molecule has 3 atom stereocenters. The molecule has 2 aliphatic rings. The van der Waals surface area contributed by atoms with Crippen molar-refractivity contribution < 1.29 is 33.4 Å². The summed E-state index contributed by atoms with van der Waals surface area (Å²) in [6.45, 7) is -0.249. The average molecular weight is 693 g/mol. The van der Waals surface area contributed by atoms with Gasteiger partial charge in [-0.25, -0.2) is 4.79 Å². The van der Waals surface area contributed by atoms with Crippen molar-refractivity contribution >= 4 is 40.5 Å². The number of nitrogens with zero attached hydrogens (tertiary/aromatic N) is 4. The third kappa shape index (κ3) is 8.79. The molecule has 0 spiro atoms. The Balaban J connectivity index is 1.17. The van der Waals surface area contributed by atoms with Gasteiger partial charge in [0.25, 0.3) is 5.91 Å². The highest BCUT2D eigenvalue weighted by Crippen LogP contribution is 2.22. The summed E-state index contributed by atoms with van der Waals surface area (Å²) in [5, 5.41) is 7.79. The molecule has 0 saturated carbocycles. The van der Waals surface area contributed by atoms with Crippen molar-refractivity contribution in [2.24, 2.45) is 0 Å². The molecule has 2 aliphatic heterocycles. The second-order valence-corrected chi connectivity index (χ2v) is 12.9. The normalized spacial score (nSPS) is 19.8. The number of benzene rings is 3. The Kier molecular flexibility index (Phi) is 10.7. The van der Waals surface area contributed by atoms with Gasteiger partial charge in [0.2, 0.25) is 17.7 Å². The van der Waals surface area contributed by atoms with Crippen molar-refractivity contribution in [2.75, 3.05) is 40.3 Å². The molecule has 4 aromatic rings. The number of carbonyl (C=O) groups is 5. The molecule has 0 aliphatic carbocycles. The molecule has 1 fully saturated rings. The van der Waals surface area contributed by atoms with Crippen molar-refractivity contribution in [3.05, 3.63) is 108 Å². The lowest BCUT2D eigenvalue weighted by atomic mass is 10.0. The van der Waals surface area contributed by atoms with E-state index in [0.29, 0.717) is 12.2 Å². The van der Waals surface area contributed by atoms with Gasteiger partial charge < -0.3 is 34.8 Å². The molecule has 1 saturated heterocycles. The highest BCUT2D eigenvalue weighted by Gasteiger charge is 2.38. The maximum atomic E-state index is 13.8. The maximum Gasteiger partial charge on any atom is 0.408 e. The predicted molar refractivity (Wildman–Crippen MR) is 188 cm³/mol. The lowest BCUT2D eigenvalue weighted by molar-refractivity contribution is -0.141. The smallest absolute Gasteiger partial charge is 0.408 e. The van der Waals surface area contributed by atoms with Gasteiger partial charge in [0.1, 0.15) is 25.0 Å². The van der Waals surface area contributed by atoms with Crippen LogP contribution in [0.5, 0.6) is 5.75 Å². The molecule has 5 amide bonds. The Morgan fingerprint density at radius 1 is 0.863 bits per heavy atom. The first-order chi connectivity index (χ1) is 24.6. The van der Waals surface area contributed by atoms with E-state index in [1.54, 1.807) is 23.1 Å². The summed E-state index contributed by atoms with van der Waals surface area (Å²) in [5.74, 6) is -1.25. The summed E-state index contributed by atoms with van der Waals surface area (Å²) in [4.78, 5) is 75.3. The van der Waals surface area contributed by atoms with Gasteiger partial charge in [-0.3, -0.25) is 24.2 Å². The number of likely N-dealkylation sites (N-methyl/N-ethyl adjacent to an activating group) is 2. The maximum absolute atomic E-state index is 13.8. The summed E-state index contributed by atoms with van der Waals surface area (Å²) in [5.41, 5.74) is 1.85. The Morgan fingerprint density at radius 2 is 1.63 bits per heavy atom. The number of aromatic nitrogens is 1. The third-order valence-electron chi connectivity index (χ3n) is 9.04. The summed E-state index contributed by atoms with van der Waals surface area (Å²) in [7, 11) is 2.96. The van der Waals surface area contributed by atoms with Crippen molar-refractivity contribution in [1.82, 2.24) is 30.3 Å². The van der Waals surface area contributed by atoms with E-state index in [9.17, 15) is 24.0 Å². The minimum Gasteiger partial charge on any atom is -0.490 e. The quantitative estimate of drug-likeness (QED) is 0.313. The van der Waals surface area contributed by atoms with E-state index in [1.807, 2.05) is 60.7 Å². The lowest BCUT2D eigenvalue weighted by Gasteiger charge is -2.30. The van der Waals surface area contributed by atoms with Crippen LogP contribution in [0.15, 0.2) is 91.3 Å². The molecule has 2 bridgehead atoms. The Hall–Kier alpha value is -5.98. The van der Waals surface area contributed by atoms with Gasteiger partial charge in [0.15, 0.2) is 0 Å². The number of alkyl carbamates (subject to hydrolysis) is 1. The number of pyridine rings is 1. The molecule has 2 N–H and O–H groups in total. The number of hydrogen-bond donors (Lipinski definition) is 2. The molecular formula is C38H40N6O7. The summed E-state index contributed by atoms with van der Waals surface area (Å²) in [6.07, 6.45) is 2.61. The number of amides is 5. The topological polar surface area (TPSA) is 150 Å². The highest BCUT2D eigenvalue weighted by atomic mass is 16.5. The number of carbonyl (C=O) groups excluding carboxylic acids is 5. The molecular weight excluding hydrogens is 652 g/mol. The summed E-state index contributed by atoms with van der Waals surface area (Å²) >= 11 is 0. The van der Waals surface area contributed by atoms with Crippen LogP contribution in [0.3, 0.4) is 0 Å². The van der Waals surface area contributed by atoms with Crippen LogP contribution in [0.25, 0.3) is 10.8 Å². The fourth-order valence-electron chi connectivity index (χ4n) is 6.41. The summed E-state index contributed by atoms with van der Waals surface area (Å²) < 4.78 is 11.4. The fraction of sp³-hybridized carbons (Fsp3) is 0.316. The monoisotopic (exact) mass is 692 g/mol. The standard InChI is InChI=1S/C38H40N6O7/c1-42-21-33(41-38(49)51-23-25-8-4-3-5-9-25)37(48)43(2)22-35(46)44-20-30(17-31(44)24-50-32-16-29(36(42)47)18-39-19-32)40-34(45)15-26-12-13-27-10-6-7-11-28(27)14-26/h3-14,16,18-19,30-31,33H,15,17,20-24H2,1-2H3,(H,40,45)(H,41,49)/t30-,31-,33-/m0/s1. The van der Waals surface area contributed by atoms with Crippen LogP contribution < -0.4 is 15.4 Å². The second kappa shape index (κ2) is 15.7. The number of fused-ring (bicyclic) bond motifs is 4. The number of nitrogens with one attached hydrogen (secondary N) is 2. The molecule has 0 unspecified atom stereocenters. The van der Waals surface area contributed by atoms with Crippen LogP contribution in [0.1, 0.15) is 27.9 Å². The van der Waals surface area contributed by atoms with Crippen LogP contribution >= 0.6 is 0 Å². The average Bonchev–Trinajstić information content (AvgIpc) is 3.54. The number of ether oxygens (including phenoxy) is 2. The minimum atomic E-state index is -1.23. The molecule has 0 radical (unpaired) electrons. The van der Waals surface area contributed by atoms with Crippen LogP contribution in [-0.2, 0) is 32.1 Å². The Labute approximate surface area is 295 Å². The highest BCUT2D eigenvalue weighted by molar-refractivity contribution is 5.95. The van der Waals surface area contributed by atoms with Gasteiger partial charge in [0.05, 0.1) is 37.3 Å². The van der Waals surface area contributed by atoms with Crippen molar-refractivity contribution in [3.8, 4) is 5.75 Å². The number of rotatable bonds is 6. The predicted octanol–water partition coefficient (Wildman–Crippen LogP) is 2.78. The summed E-state index contributed by atoms with van der Waals surface area (Å²) in [6, 6.07) is 22.4. The molecule has 264 valence electrons. The van der Waals surface area contributed by atoms with Crippen LogP contribution in [0.4, 0.5) is 4.79 Å². The first-order valence-electron chi connectivity index (χ1n) is 16.7. The number of hydrogen-bond acceptors (Lipinski definition) is 8. The molecule has 6 rings (SSSR count). The van der Waals surface area contributed by atoms with E-state index in [2.05, 4.69) is 15.6 Å².